The molecule has 0 bridgehead atoms. The minimum atomic E-state index is -0.380. The van der Waals surface area contributed by atoms with E-state index in [0.717, 1.165) is 24.6 Å². The Balaban J connectivity index is 2.13. The maximum absolute atomic E-state index is 9.81. The summed E-state index contributed by atoms with van der Waals surface area (Å²) < 4.78 is 0. The molecule has 0 saturated carbocycles. The lowest BCUT2D eigenvalue weighted by atomic mass is 9.93. The Morgan fingerprint density at radius 3 is 2.53 bits per heavy atom. The Morgan fingerprint density at radius 2 is 1.94 bits per heavy atom. The summed E-state index contributed by atoms with van der Waals surface area (Å²) in [7, 11) is 0. The minimum absolute atomic E-state index is 0.380. The van der Waals surface area contributed by atoms with Crippen molar-refractivity contribution in [1.29, 1.82) is 0 Å². The molecule has 1 fully saturated rings. The average Bonchev–Trinajstić information content (AvgIpc) is 2.39. The van der Waals surface area contributed by atoms with Gasteiger partial charge in [-0.2, -0.15) is 0 Å². The highest BCUT2D eigenvalue weighted by Crippen LogP contribution is 2.30. The summed E-state index contributed by atoms with van der Waals surface area (Å²) in [6.45, 7) is 6.38. The molecule has 0 aliphatic carbocycles. The van der Waals surface area contributed by atoms with Gasteiger partial charge in [-0.3, -0.25) is 0 Å². The van der Waals surface area contributed by atoms with Crippen LogP contribution in [0.3, 0.4) is 0 Å². The van der Waals surface area contributed by atoms with Crippen LogP contribution < -0.4 is 4.90 Å². The van der Waals surface area contributed by atoms with Crippen molar-refractivity contribution < 1.29 is 5.11 Å². The highest BCUT2D eigenvalue weighted by Gasteiger charge is 2.20. The molecule has 1 unspecified atom stereocenters. The number of anilines is 1. The molecule has 1 atom stereocenters. The first-order chi connectivity index (χ1) is 8.22. The summed E-state index contributed by atoms with van der Waals surface area (Å²) in [5, 5.41) is 9.81. The zero-order chi connectivity index (χ0) is 12.3. The number of hydrogen-bond acceptors (Lipinski definition) is 2. The number of hydrogen-bond donors (Lipinski definition) is 1. The van der Waals surface area contributed by atoms with Crippen LogP contribution in [0.25, 0.3) is 0 Å². The van der Waals surface area contributed by atoms with Crippen LogP contribution in [0.5, 0.6) is 0 Å². The molecule has 1 aliphatic rings. The van der Waals surface area contributed by atoms with Gasteiger partial charge < -0.3 is 10.0 Å². The third-order valence-corrected chi connectivity index (χ3v) is 3.92. The van der Waals surface area contributed by atoms with E-state index in [1.54, 1.807) is 0 Å². The summed E-state index contributed by atoms with van der Waals surface area (Å²) in [5.74, 6) is 0.893. The predicted octanol–water partition coefficient (Wildman–Crippen LogP) is 3.37. The molecule has 17 heavy (non-hydrogen) atoms. The molecule has 1 N–H and O–H groups in total. The largest absolute Gasteiger partial charge is 0.389 e. The highest BCUT2D eigenvalue weighted by molar-refractivity contribution is 5.54. The van der Waals surface area contributed by atoms with Gasteiger partial charge in [0.15, 0.2) is 0 Å². The van der Waals surface area contributed by atoms with Gasteiger partial charge in [0.2, 0.25) is 0 Å². The van der Waals surface area contributed by atoms with Gasteiger partial charge >= 0.3 is 0 Å². The first kappa shape index (κ1) is 12.4. The highest BCUT2D eigenvalue weighted by atomic mass is 16.3. The Labute approximate surface area is 104 Å². The molecule has 2 heteroatoms. The molecule has 0 spiro atoms. The number of aliphatic hydroxyl groups excluding tert-OH is 1. The Morgan fingerprint density at radius 1 is 1.29 bits per heavy atom. The van der Waals surface area contributed by atoms with Crippen LogP contribution in [-0.4, -0.2) is 18.2 Å². The van der Waals surface area contributed by atoms with Crippen LogP contribution in [0.2, 0.25) is 0 Å². The average molecular weight is 233 g/mol. The van der Waals surface area contributed by atoms with Crippen LogP contribution in [0.15, 0.2) is 24.3 Å². The molecule has 1 heterocycles. The van der Waals surface area contributed by atoms with Crippen LogP contribution in [-0.2, 0) is 0 Å². The molecule has 1 saturated heterocycles. The monoisotopic (exact) mass is 233 g/mol. The Hall–Kier alpha value is -1.02. The minimum Gasteiger partial charge on any atom is -0.389 e. The first-order valence-electron chi connectivity index (χ1n) is 6.74. The second-order valence-electron chi connectivity index (χ2n) is 5.07. The molecule has 0 amide bonds. The fraction of sp³-hybridized carbons (Fsp3) is 0.600. The molecular weight excluding hydrogens is 210 g/mol. The quantitative estimate of drug-likeness (QED) is 0.865. The van der Waals surface area contributed by atoms with Crippen LogP contribution in [0.4, 0.5) is 5.69 Å². The van der Waals surface area contributed by atoms with Crippen molar-refractivity contribution in [3.63, 3.8) is 0 Å². The van der Waals surface area contributed by atoms with Crippen LogP contribution in [0, 0.1) is 5.92 Å². The van der Waals surface area contributed by atoms with E-state index >= 15 is 0 Å². The third-order valence-electron chi connectivity index (χ3n) is 3.92. The van der Waals surface area contributed by atoms with Gasteiger partial charge in [-0.25, -0.2) is 0 Å². The zero-order valence-corrected chi connectivity index (χ0v) is 10.9. The van der Waals surface area contributed by atoms with Crippen molar-refractivity contribution in [2.24, 2.45) is 5.92 Å². The van der Waals surface area contributed by atoms with Crippen molar-refractivity contribution in [3.8, 4) is 0 Å². The lowest BCUT2D eigenvalue weighted by Gasteiger charge is -2.34. The summed E-state index contributed by atoms with van der Waals surface area (Å²) in [4.78, 5) is 2.42. The molecular formula is C15H23NO. The third kappa shape index (κ3) is 2.81. The van der Waals surface area contributed by atoms with Gasteiger partial charge in [0.25, 0.3) is 0 Å². The number of para-hydroxylation sites is 1. The number of rotatable bonds is 3. The number of nitrogens with zero attached hydrogens (tertiary/aromatic N) is 1. The number of benzene rings is 1. The maximum Gasteiger partial charge on any atom is 0.0781 e. The molecule has 1 aromatic carbocycles. The van der Waals surface area contributed by atoms with Gasteiger partial charge in [0.1, 0.15) is 0 Å². The molecule has 0 aromatic heterocycles. The Bertz CT molecular complexity index is 354. The van der Waals surface area contributed by atoms with Gasteiger partial charge in [-0.15, -0.1) is 0 Å². The molecule has 2 nitrogen and oxygen atoms in total. The fourth-order valence-corrected chi connectivity index (χ4v) is 2.71. The second-order valence-corrected chi connectivity index (χ2v) is 5.07. The summed E-state index contributed by atoms with van der Waals surface area (Å²) >= 11 is 0. The van der Waals surface area contributed by atoms with Crippen molar-refractivity contribution in [1.82, 2.24) is 0 Å². The normalized spacial score (nSPS) is 19.4. The predicted molar refractivity (Wildman–Crippen MR) is 72.3 cm³/mol. The smallest absolute Gasteiger partial charge is 0.0781 e. The maximum atomic E-state index is 9.81. The summed E-state index contributed by atoms with van der Waals surface area (Å²) in [5.41, 5.74) is 2.28. The number of aliphatic hydroxyl groups is 1. The van der Waals surface area contributed by atoms with Crippen molar-refractivity contribution in [2.45, 2.75) is 39.2 Å². The van der Waals surface area contributed by atoms with Crippen molar-refractivity contribution >= 4 is 5.69 Å². The van der Waals surface area contributed by atoms with E-state index in [-0.39, 0.29) is 6.10 Å². The molecule has 0 radical (unpaired) electrons. The fourth-order valence-electron chi connectivity index (χ4n) is 2.71. The first-order valence-corrected chi connectivity index (χ1v) is 6.74. The molecule has 94 valence electrons. The molecule has 2 rings (SSSR count). The topological polar surface area (TPSA) is 23.5 Å². The van der Waals surface area contributed by atoms with E-state index in [1.165, 1.54) is 24.9 Å². The van der Waals surface area contributed by atoms with E-state index in [2.05, 4.69) is 24.0 Å². The van der Waals surface area contributed by atoms with Gasteiger partial charge in [0, 0.05) is 24.3 Å². The van der Waals surface area contributed by atoms with E-state index < -0.39 is 0 Å². The summed E-state index contributed by atoms with van der Waals surface area (Å²) in [6.07, 6.45) is 3.48. The standard InChI is InChI=1S/C15H23NO/c1-3-13-8-10-16(11-9-13)15-7-5-4-6-14(15)12(2)17/h4-7,12-13,17H,3,8-11H2,1-2H3. The second kappa shape index (κ2) is 5.54. The Kier molecular flexibility index (Phi) is 4.06. The number of piperidine rings is 1. The molecule has 1 aromatic rings. The van der Waals surface area contributed by atoms with E-state index in [1.807, 2.05) is 19.1 Å². The SMILES string of the molecule is CCC1CCN(c2ccccc2C(C)O)CC1. The van der Waals surface area contributed by atoms with Crippen LogP contribution in [0.1, 0.15) is 44.8 Å². The van der Waals surface area contributed by atoms with E-state index in [0.29, 0.717) is 0 Å². The lowest BCUT2D eigenvalue weighted by Crippen LogP contribution is -2.34. The lowest BCUT2D eigenvalue weighted by molar-refractivity contribution is 0.199. The van der Waals surface area contributed by atoms with Crippen molar-refractivity contribution in [2.75, 3.05) is 18.0 Å². The van der Waals surface area contributed by atoms with E-state index in [9.17, 15) is 5.11 Å². The van der Waals surface area contributed by atoms with Crippen LogP contribution >= 0.6 is 0 Å². The summed E-state index contributed by atoms with van der Waals surface area (Å²) in [6, 6.07) is 8.23. The van der Waals surface area contributed by atoms with Gasteiger partial charge in [0.05, 0.1) is 6.10 Å². The van der Waals surface area contributed by atoms with E-state index in [4.69, 9.17) is 0 Å². The zero-order valence-electron chi connectivity index (χ0n) is 10.9. The van der Waals surface area contributed by atoms with Crippen molar-refractivity contribution in [3.05, 3.63) is 29.8 Å². The van der Waals surface area contributed by atoms with Gasteiger partial charge in [-0.1, -0.05) is 31.5 Å². The van der Waals surface area contributed by atoms with Gasteiger partial charge in [-0.05, 0) is 31.7 Å². The molecule has 1 aliphatic heterocycles.